The summed E-state index contributed by atoms with van der Waals surface area (Å²) in [7, 11) is 1.66. The summed E-state index contributed by atoms with van der Waals surface area (Å²) in [5.74, 6) is 0.934. The Balaban J connectivity index is 2.58. The van der Waals surface area contributed by atoms with Gasteiger partial charge < -0.3 is 9.47 Å². The topological polar surface area (TPSA) is 18.5 Å². The number of ether oxygens (including phenoxy) is 2. The van der Waals surface area contributed by atoms with Crippen molar-refractivity contribution in [3.05, 3.63) is 34.9 Å². The van der Waals surface area contributed by atoms with Crippen molar-refractivity contribution in [2.24, 2.45) is 0 Å². The summed E-state index contributed by atoms with van der Waals surface area (Å²) < 4.78 is 10.4. The number of halogens is 3. The molecule has 0 aromatic heterocycles. The van der Waals surface area contributed by atoms with Gasteiger partial charge in [0.1, 0.15) is 0 Å². The molecule has 5 heteroatoms. The lowest BCUT2D eigenvalue weighted by molar-refractivity contribution is 0.0670. The standard InChI is InChI=1S/C15H21Cl3O2/c1-19-8-9-20-7-3-6-15(11-16,12-17)13-4-2-5-14(18)10-13/h2,4-5,10H,3,6-9,11-12H2,1H3. The minimum Gasteiger partial charge on any atom is -0.382 e. The van der Waals surface area contributed by atoms with Crippen molar-refractivity contribution >= 4 is 34.8 Å². The molecule has 0 atom stereocenters. The lowest BCUT2D eigenvalue weighted by Gasteiger charge is -2.30. The van der Waals surface area contributed by atoms with E-state index in [4.69, 9.17) is 44.3 Å². The van der Waals surface area contributed by atoms with Gasteiger partial charge in [-0.15, -0.1) is 23.2 Å². The first-order valence-electron chi connectivity index (χ1n) is 6.63. The molecule has 0 spiro atoms. The zero-order valence-electron chi connectivity index (χ0n) is 11.7. The fourth-order valence-corrected chi connectivity index (χ4v) is 3.10. The van der Waals surface area contributed by atoms with Crippen molar-refractivity contribution in [3.8, 4) is 0 Å². The van der Waals surface area contributed by atoms with E-state index in [0.717, 1.165) is 18.4 Å². The minimum atomic E-state index is -0.251. The summed E-state index contributed by atoms with van der Waals surface area (Å²) >= 11 is 18.4. The zero-order valence-corrected chi connectivity index (χ0v) is 14.0. The molecule has 1 aromatic carbocycles. The largest absolute Gasteiger partial charge is 0.382 e. The van der Waals surface area contributed by atoms with Crippen LogP contribution in [0, 0.1) is 0 Å². The molecule has 2 nitrogen and oxygen atoms in total. The van der Waals surface area contributed by atoms with E-state index in [9.17, 15) is 0 Å². The lowest BCUT2D eigenvalue weighted by Crippen LogP contribution is -2.31. The molecule has 114 valence electrons. The van der Waals surface area contributed by atoms with Crippen LogP contribution in [0.2, 0.25) is 5.02 Å². The molecule has 1 aromatic rings. The first-order valence-corrected chi connectivity index (χ1v) is 8.08. The number of benzene rings is 1. The molecular formula is C15H21Cl3O2. The molecule has 0 radical (unpaired) electrons. The Bertz CT molecular complexity index is 381. The highest BCUT2D eigenvalue weighted by Gasteiger charge is 2.30. The highest BCUT2D eigenvalue weighted by Crippen LogP contribution is 2.33. The van der Waals surface area contributed by atoms with Crippen LogP contribution in [0.3, 0.4) is 0 Å². The Hall–Kier alpha value is 0.01000. The second-order valence-corrected chi connectivity index (χ2v) is 5.74. The van der Waals surface area contributed by atoms with E-state index in [2.05, 4.69) is 0 Å². The number of alkyl halides is 2. The number of hydrogen-bond donors (Lipinski definition) is 0. The quantitative estimate of drug-likeness (QED) is 0.461. The summed E-state index contributed by atoms with van der Waals surface area (Å²) in [5.41, 5.74) is 0.838. The van der Waals surface area contributed by atoms with Crippen LogP contribution in [0.15, 0.2) is 24.3 Å². The van der Waals surface area contributed by atoms with E-state index in [1.54, 1.807) is 7.11 Å². The lowest BCUT2D eigenvalue weighted by atomic mass is 9.80. The maximum absolute atomic E-state index is 6.19. The molecule has 0 bridgehead atoms. The Morgan fingerprint density at radius 1 is 1.10 bits per heavy atom. The summed E-state index contributed by atoms with van der Waals surface area (Å²) in [6, 6.07) is 7.76. The third-order valence-corrected chi connectivity index (χ3v) is 4.58. The SMILES string of the molecule is COCCOCCCC(CCl)(CCl)c1cccc(Cl)c1. The molecule has 0 unspecified atom stereocenters. The highest BCUT2D eigenvalue weighted by molar-refractivity contribution is 6.30. The van der Waals surface area contributed by atoms with Gasteiger partial charge in [0.25, 0.3) is 0 Å². The molecule has 20 heavy (non-hydrogen) atoms. The zero-order chi connectivity index (χ0) is 14.8. The van der Waals surface area contributed by atoms with Crippen LogP contribution in [0.4, 0.5) is 0 Å². The van der Waals surface area contributed by atoms with Crippen LogP contribution in [0.5, 0.6) is 0 Å². The second kappa shape index (κ2) is 9.86. The molecule has 0 heterocycles. The Morgan fingerprint density at radius 3 is 2.45 bits per heavy atom. The summed E-state index contributed by atoms with van der Waals surface area (Å²) in [6.07, 6.45) is 1.77. The monoisotopic (exact) mass is 338 g/mol. The van der Waals surface area contributed by atoms with Crippen molar-refractivity contribution in [1.82, 2.24) is 0 Å². The van der Waals surface area contributed by atoms with E-state index >= 15 is 0 Å². The van der Waals surface area contributed by atoms with E-state index in [1.165, 1.54) is 0 Å². The minimum absolute atomic E-state index is 0.251. The Morgan fingerprint density at radius 2 is 1.85 bits per heavy atom. The predicted octanol–water partition coefficient (Wildman–Crippen LogP) is 4.50. The first-order chi connectivity index (χ1) is 9.68. The van der Waals surface area contributed by atoms with Gasteiger partial charge in [0, 0.05) is 35.9 Å². The average Bonchev–Trinajstić information content (AvgIpc) is 2.47. The molecule has 0 aliphatic carbocycles. The maximum Gasteiger partial charge on any atom is 0.0700 e. The highest BCUT2D eigenvalue weighted by atomic mass is 35.5. The van der Waals surface area contributed by atoms with Crippen LogP contribution >= 0.6 is 34.8 Å². The van der Waals surface area contributed by atoms with E-state index in [-0.39, 0.29) is 5.41 Å². The number of methoxy groups -OCH3 is 1. The molecule has 0 saturated carbocycles. The summed E-state index contributed by atoms with van der Waals surface area (Å²) in [6.45, 7) is 1.91. The van der Waals surface area contributed by atoms with Crippen LogP contribution in [0.25, 0.3) is 0 Å². The summed E-state index contributed by atoms with van der Waals surface area (Å²) in [5, 5.41) is 0.707. The third kappa shape index (κ3) is 5.42. The Labute approximate surface area is 136 Å². The van der Waals surface area contributed by atoms with Crippen molar-refractivity contribution in [1.29, 1.82) is 0 Å². The van der Waals surface area contributed by atoms with Gasteiger partial charge in [0.2, 0.25) is 0 Å². The van der Waals surface area contributed by atoms with Gasteiger partial charge in [0.05, 0.1) is 13.2 Å². The van der Waals surface area contributed by atoms with Gasteiger partial charge >= 0.3 is 0 Å². The van der Waals surface area contributed by atoms with Crippen molar-refractivity contribution in [3.63, 3.8) is 0 Å². The molecule has 0 amide bonds. The van der Waals surface area contributed by atoms with Crippen molar-refractivity contribution < 1.29 is 9.47 Å². The van der Waals surface area contributed by atoms with E-state index in [0.29, 0.717) is 36.6 Å². The van der Waals surface area contributed by atoms with Crippen LogP contribution in [0.1, 0.15) is 18.4 Å². The molecule has 1 rings (SSSR count). The van der Waals surface area contributed by atoms with Gasteiger partial charge in [-0.2, -0.15) is 0 Å². The predicted molar refractivity (Wildman–Crippen MR) is 86.5 cm³/mol. The van der Waals surface area contributed by atoms with E-state index in [1.807, 2.05) is 24.3 Å². The van der Waals surface area contributed by atoms with Gasteiger partial charge in [-0.25, -0.2) is 0 Å². The van der Waals surface area contributed by atoms with Gasteiger partial charge in [0.15, 0.2) is 0 Å². The Kier molecular flexibility index (Phi) is 8.90. The van der Waals surface area contributed by atoms with Crippen molar-refractivity contribution in [2.45, 2.75) is 18.3 Å². The van der Waals surface area contributed by atoms with E-state index < -0.39 is 0 Å². The molecule has 0 aliphatic heterocycles. The van der Waals surface area contributed by atoms with Crippen LogP contribution < -0.4 is 0 Å². The smallest absolute Gasteiger partial charge is 0.0700 e. The molecule has 0 aliphatic rings. The first kappa shape index (κ1) is 18.1. The second-order valence-electron chi connectivity index (χ2n) is 4.77. The van der Waals surface area contributed by atoms with Crippen LogP contribution in [-0.4, -0.2) is 38.7 Å². The summed E-state index contributed by atoms with van der Waals surface area (Å²) in [4.78, 5) is 0. The van der Waals surface area contributed by atoms with Crippen molar-refractivity contribution in [2.75, 3.05) is 38.7 Å². The number of hydrogen-bond acceptors (Lipinski definition) is 2. The average molecular weight is 340 g/mol. The number of rotatable bonds is 10. The van der Waals surface area contributed by atoms with Gasteiger partial charge in [-0.1, -0.05) is 23.7 Å². The normalized spacial score (nSPS) is 11.8. The van der Waals surface area contributed by atoms with Gasteiger partial charge in [-0.3, -0.25) is 0 Å². The molecule has 0 N–H and O–H groups in total. The molecule has 0 fully saturated rings. The fourth-order valence-electron chi connectivity index (χ4n) is 2.04. The fraction of sp³-hybridized carbons (Fsp3) is 0.600. The molecular weight excluding hydrogens is 319 g/mol. The third-order valence-electron chi connectivity index (χ3n) is 3.32. The van der Waals surface area contributed by atoms with Crippen LogP contribution in [-0.2, 0) is 14.9 Å². The maximum atomic E-state index is 6.19. The molecule has 0 saturated heterocycles. The van der Waals surface area contributed by atoms with Gasteiger partial charge in [-0.05, 0) is 30.5 Å².